The van der Waals surface area contributed by atoms with Gasteiger partial charge in [-0.3, -0.25) is 4.79 Å². The fourth-order valence-electron chi connectivity index (χ4n) is 2.42. The first-order valence-electron chi connectivity index (χ1n) is 7.79. The van der Waals surface area contributed by atoms with Crippen LogP contribution in [0.5, 0.6) is 5.75 Å². The van der Waals surface area contributed by atoms with Crippen LogP contribution in [0, 0.1) is 6.92 Å². The Morgan fingerprint density at radius 1 is 1.44 bits per heavy atom. The van der Waals surface area contributed by atoms with E-state index >= 15 is 0 Å². The SMILES string of the molecule is COc1cccc2cc(C(C)NC(=O)CSCc3noc(C)n3)oc12. The molecular weight excluding hydrogens is 342 g/mol. The van der Waals surface area contributed by atoms with Crippen molar-refractivity contribution in [2.45, 2.75) is 25.6 Å². The number of methoxy groups -OCH3 is 1. The number of aromatic nitrogens is 2. The van der Waals surface area contributed by atoms with Gasteiger partial charge in [-0.25, -0.2) is 0 Å². The Morgan fingerprint density at radius 3 is 3.00 bits per heavy atom. The first-order valence-corrected chi connectivity index (χ1v) is 8.95. The lowest BCUT2D eigenvalue weighted by atomic mass is 10.2. The summed E-state index contributed by atoms with van der Waals surface area (Å²) >= 11 is 1.43. The number of hydrogen-bond donors (Lipinski definition) is 1. The molecule has 2 heterocycles. The molecule has 132 valence electrons. The topological polar surface area (TPSA) is 90.4 Å². The van der Waals surface area contributed by atoms with Crippen LogP contribution < -0.4 is 10.1 Å². The maximum absolute atomic E-state index is 12.1. The summed E-state index contributed by atoms with van der Waals surface area (Å²) in [5, 5.41) is 7.67. The zero-order valence-corrected chi connectivity index (χ0v) is 15.1. The van der Waals surface area contributed by atoms with Crippen molar-refractivity contribution in [2.75, 3.05) is 12.9 Å². The molecule has 0 saturated carbocycles. The molecule has 1 aromatic carbocycles. The smallest absolute Gasteiger partial charge is 0.230 e. The number of fused-ring (bicyclic) bond motifs is 1. The van der Waals surface area contributed by atoms with Crippen LogP contribution in [-0.2, 0) is 10.5 Å². The number of ether oxygens (including phenoxy) is 1. The lowest BCUT2D eigenvalue weighted by Crippen LogP contribution is -2.28. The standard InChI is InChI=1S/C17H19N3O4S/c1-10(14-7-12-5-4-6-13(22-3)17(12)23-14)18-16(21)9-25-8-15-19-11(2)24-20-15/h4-7,10H,8-9H2,1-3H3,(H,18,21). The third-order valence-electron chi connectivity index (χ3n) is 3.59. The lowest BCUT2D eigenvalue weighted by Gasteiger charge is -2.10. The summed E-state index contributed by atoms with van der Waals surface area (Å²) in [5.74, 6) is 3.23. The summed E-state index contributed by atoms with van der Waals surface area (Å²) in [6.45, 7) is 3.62. The second-order valence-electron chi connectivity index (χ2n) is 5.54. The number of benzene rings is 1. The van der Waals surface area contributed by atoms with Gasteiger partial charge in [-0.05, 0) is 19.1 Å². The summed E-state index contributed by atoms with van der Waals surface area (Å²) in [5.41, 5.74) is 0.683. The Bertz CT molecular complexity index is 874. The van der Waals surface area contributed by atoms with Crippen molar-refractivity contribution < 1.29 is 18.5 Å². The Morgan fingerprint density at radius 2 is 2.28 bits per heavy atom. The van der Waals surface area contributed by atoms with E-state index in [-0.39, 0.29) is 11.9 Å². The van der Waals surface area contributed by atoms with Crippen LogP contribution in [0.4, 0.5) is 0 Å². The molecule has 0 fully saturated rings. The molecule has 0 aliphatic heterocycles. The van der Waals surface area contributed by atoms with Gasteiger partial charge >= 0.3 is 0 Å². The quantitative estimate of drug-likeness (QED) is 0.691. The Hall–Kier alpha value is -2.48. The molecule has 1 unspecified atom stereocenters. The first-order chi connectivity index (χ1) is 12.1. The number of nitrogens with zero attached hydrogens (tertiary/aromatic N) is 2. The van der Waals surface area contributed by atoms with Gasteiger partial charge in [0.2, 0.25) is 11.8 Å². The Labute approximate surface area is 149 Å². The Balaban J connectivity index is 1.56. The Kier molecular flexibility index (Phi) is 5.28. The normalized spacial score (nSPS) is 12.3. The molecule has 7 nitrogen and oxygen atoms in total. The second kappa shape index (κ2) is 7.60. The van der Waals surface area contributed by atoms with Gasteiger partial charge in [0, 0.05) is 12.3 Å². The van der Waals surface area contributed by atoms with E-state index in [1.54, 1.807) is 14.0 Å². The third kappa shape index (κ3) is 4.14. The number of amides is 1. The van der Waals surface area contributed by atoms with Crippen molar-refractivity contribution >= 4 is 28.6 Å². The molecule has 0 bridgehead atoms. The minimum atomic E-state index is -0.238. The summed E-state index contributed by atoms with van der Waals surface area (Å²) < 4.78 is 16.0. The van der Waals surface area contributed by atoms with E-state index in [1.165, 1.54) is 11.8 Å². The van der Waals surface area contributed by atoms with Crippen LogP contribution in [0.3, 0.4) is 0 Å². The maximum Gasteiger partial charge on any atom is 0.230 e. The average molecular weight is 361 g/mol. The molecule has 1 N–H and O–H groups in total. The van der Waals surface area contributed by atoms with Gasteiger partial charge in [0.15, 0.2) is 17.2 Å². The molecular formula is C17H19N3O4S. The molecule has 0 aliphatic carbocycles. The van der Waals surface area contributed by atoms with Gasteiger partial charge in [-0.2, -0.15) is 4.98 Å². The van der Waals surface area contributed by atoms with Crippen molar-refractivity contribution in [2.24, 2.45) is 0 Å². The summed E-state index contributed by atoms with van der Waals surface area (Å²) in [4.78, 5) is 16.2. The van der Waals surface area contributed by atoms with Crippen molar-refractivity contribution in [3.05, 3.63) is 41.7 Å². The van der Waals surface area contributed by atoms with Gasteiger partial charge in [-0.1, -0.05) is 17.3 Å². The largest absolute Gasteiger partial charge is 0.493 e. The van der Waals surface area contributed by atoms with E-state index in [1.807, 2.05) is 31.2 Å². The minimum absolute atomic E-state index is 0.0786. The number of nitrogens with one attached hydrogen (secondary N) is 1. The first kappa shape index (κ1) is 17.3. The van der Waals surface area contributed by atoms with E-state index in [2.05, 4.69) is 15.5 Å². The van der Waals surface area contributed by atoms with E-state index in [0.29, 0.717) is 40.3 Å². The van der Waals surface area contributed by atoms with Crippen molar-refractivity contribution in [1.29, 1.82) is 0 Å². The molecule has 0 spiro atoms. The zero-order chi connectivity index (χ0) is 17.8. The fraction of sp³-hybridized carbons (Fsp3) is 0.353. The lowest BCUT2D eigenvalue weighted by molar-refractivity contribution is -0.119. The average Bonchev–Trinajstić information content (AvgIpc) is 3.20. The number of hydrogen-bond acceptors (Lipinski definition) is 7. The number of rotatable bonds is 7. The molecule has 2 aromatic heterocycles. The molecule has 0 saturated heterocycles. The van der Waals surface area contributed by atoms with Crippen LogP contribution >= 0.6 is 11.8 Å². The van der Waals surface area contributed by atoms with Gasteiger partial charge in [0.05, 0.1) is 24.7 Å². The van der Waals surface area contributed by atoms with Gasteiger partial charge in [-0.15, -0.1) is 11.8 Å². The molecule has 1 amide bonds. The molecule has 0 radical (unpaired) electrons. The van der Waals surface area contributed by atoms with Crippen LogP contribution in [0.25, 0.3) is 11.0 Å². The second-order valence-corrected chi connectivity index (χ2v) is 6.52. The molecule has 3 aromatic rings. The van der Waals surface area contributed by atoms with Crippen molar-refractivity contribution in [3.8, 4) is 5.75 Å². The minimum Gasteiger partial charge on any atom is -0.493 e. The van der Waals surface area contributed by atoms with Crippen molar-refractivity contribution in [1.82, 2.24) is 15.5 Å². The van der Waals surface area contributed by atoms with Crippen LogP contribution in [0.15, 0.2) is 33.2 Å². The van der Waals surface area contributed by atoms with Gasteiger partial charge < -0.3 is 19.0 Å². The predicted molar refractivity (Wildman–Crippen MR) is 94.5 cm³/mol. The fourth-order valence-corrected chi connectivity index (χ4v) is 3.09. The predicted octanol–water partition coefficient (Wildman–Crippen LogP) is 3.24. The van der Waals surface area contributed by atoms with Crippen LogP contribution in [0.1, 0.15) is 30.4 Å². The molecule has 1 atom stereocenters. The number of thioether (sulfide) groups is 1. The van der Waals surface area contributed by atoms with E-state index in [0.717, 1.165) is 5.39 Å². The summed E-state index contributed by atoms with van der Waals surface area (Å²) in [7, 11) is 1.60. The monoisotopic (exact) mass is 361 g/mol. The van der Waals surface area contributed by atoms with Crippen LogP contribution in [0.2, 0.25) is 0 Å². The molecule has 0 aliphatic rings. The number of aryl methyl sites for hydroxylation is 1. The number of carbonyl (C=O) groups excluding carboxylic acids is 1. The summed E-state index contributed by atoms with van der Waals surface area (Å²) in [6, 6.07) is 7.37. The third-order valence-corrected chi connectivity index (χ3v) is 4.51. The highest BCUT2D eigenvalue weighted by molar-refractivity contribution is 7.99. The molecule has 25 heavy (non-hydrogen) atoms. The van der Waals surface area contributed by atoms with E-state index in [9.17, 15) is 4.79 Å². The summed E-state index contributed by atoms with van der Waals surface area (Å²) in [6.07, 6.45) is 0. The van der Waals surface area contributed by atoms with Gasteiger partial charge in [0.1, 0.15) is 5.76 Å². The number of furan rings is 1. The zero-order valence-electron chi connectivity index (χ0n) is 14.2. The molecule has 8 heteroatoms. The number of carbonyl (C=O) groups is 1. The van der Waals surface area contributed by atoms with Crippen molar-refractivity contribution in [3.63, 3.8) is 0 Å². The van der Waals surface area contributed by atoms with E-state index < -0.39 is 0 Å². The van der Waals surface area contributed by atoms with Gasteiger partial charge in [0.25, 0.3) is 0 Å². The van der Waals surface area contributed by atoms with Crippen LogP contribution in [-0.4, -0.2) is 28.9 Å². The maximum atomic E-state index is 12.1. The highest BCUT2D eigenvalue weighted by atomic mass is 32.2. The number of para-hydroxylation sites is 1. The molecule has 3 rings (SSSR count). The highest BCUT2D eigenvalue weighted by Gasteiger charge is 2.16. The highest BCUT2D eigenvalue weighted by Crippen LogP contribution is 2.30. The van der Waals surface area contributed by atoms with E-state index in [4.69, 9.17) is 13.7 Å².